The fourth-order valence-electron chi connectivity index (χ4n) is 4.90. The van der Waals surface area contributed by atoms with Crippen molar-refractivity contribution in [2.45, 2.75) is 18.8 Å². The van der Waals surface area contributed by atoms with Crippen molar-refractivity contribution in [1.29, 1.82) is 0 Å². The molecule has 0 radical (unpaired) electrons. The van der Waals surface area contributed by atoms with Crippen molar-refractivity contribution >= 4 is 23.5 Å². The number of carboxylic acids is 2. The molecule has 6 nitrogen and oxygen atoms in total. The molecule has 2 N–H and O–H groups in total. The van der Waals surface area contributed by atoms with Gasteiger partial charge in [-0.2, -0.15) is 0 Å². The van der Waals surface area contributed by atoms with Crippen molar-refractivity contribution in [3.05, 3.63) is 107 Å². The summed E-state index contributed by atoms with van der Waals surface area (Å²) in [5, 5.41) is 18.3. The van der Waals surface area contributed by atoms with Gasteiger partial charge in [0, 0.05) is 29.2 Å². The number of carbonyl (C=O) groups is 4. The maximum Gasteiger partial charge on any atom is 0.335 e. The summed E-state index contributed by atoms with van der Waals surface area (Å²) in [5.74, 6) is -4.17. The molecule has 0 heterocycles. The number of ketones is 2. The molecule has 1 fully saturated rings. The molecule has 0 aliphatic heterocycles. The van der Waals surface area contributed by atoms with Crippen LogP contribution in [0.25, 0.3) is 0 Å². The van der Waals surface area contributed by atoms with Crippen molar-refractivity contribution in [3.8, 4) is 0 Å². The van der Waals surface area contributed by atoms with Gasteiger partial charge in [-0.25, -0.2) is 9.59 Å². The zero-order chi connectivity index (χ0) is 23.7. The Bertz CT molecular complexity index is 1210. The second-order valence-electron chi connectivity index (χ2n) is 8.30. The van der Waals surface area contributed by atoms with E-state index in [0.717, 1.165) is 11.1 Å². The lowest BCUT2D eigenvalue weighted by Crippen LogP contribution is -2.50. The maximum absolute atomic E-state index is 13.5. The Morgan fingerprint density at radius 3 is 1.48 bits per heavy atom. The van der Waals surface area contributed by atoms with E-state index in [0.29, 0.717) is 5.56 Å². The molecule has 0 aromatic heterocycles. The minimum absolute atomic E-state index is 0.0827. The van der Waals surface area contributed by atoms with E-state index >= 15 is 0 Å². The van der Waals surface area contributed by atoms with Gasteiger partial charge in [0.2, 0.25) is 0 Å². The van der Waals surface area contributed by atoms with E-state index in [9.17, 15) is 24.3 Å². The third kappa shape index (κ3) is 4.07. The van der Waals surface area contributed by atoms with Crippen molar-refractivity contribution in [1.82, 2.24) is 0 Å². The summed E-state index contributed by atoms with van der Waals surface area (Å²) in [4.78, 5) is 48.7. The number of carbonyl (C=O) groups excluding carboxylic acids is 2. The lowest BCUT2D eigenvalue weighted by molar-refractivity contribution is -0.127. The monoisotopic (exact) mass is 442 g/mol. The first-order chi connectivity index (χ1) is 15.8. The van der Waals surface area contributed by atoms with Crippen LogP contribution in [0.2, 0.25) is 0 Å². The van der Waals surface area contributed by atoms with Gasteiger partial charge >= 0.3 is 11.9 Å². The Morgan fingerprint density at radius 1 is 0.576 bits per heavy atom. The molecule has 1 aliphatic rings. The second-order valence-corrected chi connectivity index (χ2v) is 8.30. The van der Waals surface area contributed by atoms with Crippen LogP contribution in [-0.4, -0.2) is 33.7 Å². The predicted octanol–water partition coefficient (Wildman–Crippen LogP) is 4.67. The van der Waals surface area contributed by atoms with Crippen molar-refractivity contribution in [2.24, 2.45) is 11.8 Å². The predicted molar refractivity (Wildman–Crippen MR) is 121 cm³/mol. The summed E-state index contributed by atoms with van der Waals surface area (Å²) < 4.78 is 0. The zero-order valence-corrected chi connectivity index (χ0v) is 17.8. The van der Waals surface area contributed by atoms with Crippen LogP contribution in [0.1, 0.15) is 61.0 Å². The van der Waals surface area contributed by atoms with Gasteiger partial charge in [0.05, 0.1) is 11.1 Å². The van der Waals surface area contributed by atoms with Crippen LogP contribution in [0, 0.1) is 11.8 Å². The molecule has 166 valence electrons. The van der Waals surface area contributed by atoms with Crippen molar-refractivity contribution in [3.63, 3.8) is 0 Å². The molecule has 3 aromatic carbocycles. The highest BCUT2D eigenvalue weighted by Gasteiger charge is 2.56. The lowest BCUT2D eigenvalue weighted by Gasteiger charge is -2.51. The Labute approximate surface area is 190 Å². The van der Waals surface area contributed by atoms with Gasteiger partial charge in [0.15, 0.2) is 5.78 Å². The van der Waals surface area contributed by atoms with Gasteiger partial charge < -0.3 is 10.2 Å². The molecule has 0 saturated heterocycles. The molecule has 0 bridgehead atoms. The average molecular weight is 442 g/mol. The minimum Gasteiger partial charge on any atom is -0.478 e. The van der Waals surface area contributed by atoms with Crippen LogP contribution in [0.4, 0.5) is 0 Å². The maximum atomic E-state index is 13.5. The summed E-state index contributed by atoms with van der Waals surface area (Å²) in [6.45, 7) is 1.47. The normalized spacial score (nSPS) is 21.6. The molecule has 0 spiro atoms. The van der Waals surface area contributed by atoms with E-state index in [4.69, 9.17) is 5.11 Å². The van der Waals surface area contributed by atoms with E-state index in [1.807, 2.05) is 30.3 Å². The molecule has 1 saturated carbocycles. The van der Waals surface area contributed by atoms with Gasteiger partial charge in [0.1, 0.15) is 5.78 Å². The van der Waals surface area contributed by atoms with E-state index in [-0.39, 0.29) is 34.5 Å². The Morgan fingerprint density at radius 2 is 1.00 bits per heavy atom. The molecule has 0 unspecified atom stereocenters. The molecular formula is C27H22O6. The molecule has 3 aromatic rings. The smallest absolute Gasteiger partial charge is 0.335 e. The van der Waals surface area contributed by atoms with Crippen LogP contribution in [0.5, 0.6) is 0 Å². The van der Waals surface area contributed by atoms with Gasteiger partial charge in [-0.15, -0.1) is 0 Å². The Balaban J connectivity index is 1.76. The first-order valence-corrected chi connectivity index (χ1v) is 10.6. The first-order valence-electron chi connectivity index (χ1n) is 10.6. The third-order valence-electron chi connectivity index (χ3n) is 6.46. The van der Waals surface area contributed by atoms with E-state index in [2.05, 4.69) is 0 Å². The number of hydrogen-bond acceptors (Lipinski definition) is 4. The van der Waals surface area contributed by atoms with Crippen molar-refractivity contribution < 1.29 is 29.4 Å². The fourth-order valence-corrected chi connectivity index (χ4v) is 4.90. The SMILES string of the molecule is CC(=O)[C@H]1[C@H](C(=O)c2ccc(C(=O)O)cc2)[C@@H](c2ccccc2)[C@@H]1c1ccc(C(=O)O)cc1. The molecule has 6 heteroatoms. The topological polar surface area (TPSA) is 109 Å². The summed E-state index contributed by atoms with van der Waals surface area (Å²) in [6.07, 6.45) is 0. The number of carboxylic acid groups (broad SMARTS) is 2. The molecule has 0 amide bonds. The molecule has 33 heavy (non-hydrogen) atoms. The third-order valence-corrected chi connectivity index (χ3v) is 6.46. The highest BCUT2D eigenvalue weighted by atomic mass is 16.4. The summed E-state index contributed by atoms with van der Waals surface area (Å²) in [5.41, 5.74) is 2.32. The summed E-state index contributed by atoms with van der Waals surface area (Å²) >= 11 is 0. The zero-order valence-electron chi connectivity index (χ0n) is 17.8. The Kier molecular flexibility index (Phi) is 5.92. The number of aromatic carboxylic acids is 2. The van der Waals surface area contributed by atoms with E-state index in [1.54, 1.807) is 12.1 Å². The fraction of sp³-hybridized carbons (Fsp3) is 0.185. The second kappa shape index (κ2) is 8.82. The summed E-state index contributed by atoms with van der Waals surface area (Å²) in [7, 11) is 0. The van der Waals surface area contributed by atoms with Crippen LogP contribution in [-0.2, 0) is 4.79 Å². The van der Waals surface area contributed by atoms with Crippen molar-refractivity contribution in [2.75, 3.05) is 0 Å². The number of rotatable bonds is 7. The number of benzene rings is 3. The van der Waals surface area contributed by atoms with Crippen LogP contribution >= 0.6 is 0 Å². The lowest BCUT2D eigenvalue weighted by atomic mass is 9.50. The Hall–Kier alpha value is -4.06. The van der Waals surface area contributed by atoms with Crippen LogP contribution in [0.15, 0.2) is 78.9 Å². The summed E-state index contributed by atoms with van der Waals surface area (Å²) in [6, 6.07) is 21.7. The van der Waals surface area contributed by atoms with Crippen LogP contribution < -0.4 is 0 Å². The molecular weight excluding hydrogens is 420 g/mol. The standard InChI is InChI=1S/C27H22O6/c1-15(28)21-22(17-7-11-19(12-8-17)26(30)31)23(16-5-3-2-4-6-16)24(21)25(29)18-9-13-20(14-10-18)27(32)33/h2-14,21-24H,1H3,(H,30,31)(H,32,33)/t21-,22-,23+,24+/m1/s1. The number of Topliss-reactive ketones (excluding diaryl/α,β-unsaturated/α-hetero) is 2. The van der Waals surface area contributed by atoms with Gasteiger partial charge in [-0.05, 0) is 42.3 Å². The largest absolute Gasteiger partial charge is 0.478 e. The van der Waals surface area contributed by atoms with Gasteiger partial charge in [0.25, 0.3) is 0 Å². The highest BCUT2D eigenvalue weighted by Crippen LogP contribution is 2.59. The highest BCUT2D eigenvalue weighted by molar-refractivity contribution is 6.03. The van der Waals surface area contributed by atoms with E-state index in [1.165, 1.54) is 43.3 Å². The quantitative estimate of drug-likeness (QED) is 0.515. The van der Waals surface area contributed by atoms with E-state index < -0.39 is 23.8 Å². The first kappa shape index (κ1) is 22.1. The minimum atomic E-state index is -1.08. The molecule has 4 rings (SSSR count). The van der Waals surface area contributed by atoms with Gasteiger partial charge in [-0.3, -0.25) is 9.59 Å². The van der Waals surface area contributed by atoms with Gasteiger partial charge in [-0.1, -0.05) is 54.6 Å². The molecule has 4 atom stereocenters. The molecule has 1 aliphatic carbocycles. The average Bonchev–Trinajstić information content (AvgIpc) is 2.79. The van der Waals surface area contributed by atoms with Crippen LogP contribution in [0.3, 0.4) is 0 Å². The number of hydrogen-bond donors (Lipinski definition) is 2.